The van der Waals surface area contributed by atoms with E-state index in [1.807, 2.05) is 42.5 Å². The Labute approximate surface area is 189 Å². The lowest BCUT2D eigenvalue weighted by molar-refractivity contribution is -0.142. The second-order valence-corrected chi connectivity index (χ2v) is 8.01. The fourth-order valence-electron chi connectivity index (χ4n) is 3.58. The first-order chi connectivity index (χ1) is 15.6. The minimum atomic E-state index is -0.312. The molecule has 0 saturated carbocycles. The Kier molecular flexibility index (Phi) is 6.23. The van der Waals surface area contributed by atoms with Crippen LogP contribution in [0.15, 0.2) is 48.7 Å². The highest BCUT2D eigenvalue weighted by Gasteiger charge is 2.22. The SMILES string of the molecule is CCOC(=O)Cc1cn2c(C=O)c(-c3cc(OC)c(-c4ccccc4)cc3OC)nc2s1. The van der Waals surface area contributed by atoms with Crippen molar-refractivity contribution in [3.05, 3.63) is 59.2 Å². The van der Waals surface area contributed by atoms with Gasteiger partial charge in [0.15, 0.2) is 11.2 Å². The number of fused-ring (bicyclic) bond motifs is 1. The third kappa shape index (κ3) is 3.97. The van der Waals surface area contributed by atoms with Crippen molar-refractivity contribution in [2.24, 2.45) is 0 Å². The van der Waals surface area contributed by atoms with Crippen molar-refractivity contribution in [2.75, 3.05) is 20.8 Å². The lowest BCUT2D eigenvalue weighted by Crippen LogP contribution is -2.06. The molecule has 0 aliphatic carbocycles. The summed E-state index contributed by atoms with van der Waals surface area (Å²) < 4.78 is 18.0. The summed E-state index contributed by atoms with van der Waals surface area (Å²) in [6, 6.07) is 13.6. The summed E-state index contributed by atoms with van der Waals surface area (Å²) in [6.45, 7) is 2.09. The summed E-state index contributed by atoms with van der Waals surface area (Å²) in [5.74, 6) is 0.904. The number of aromatic nitrogens is 2. The standard InChI is InChI=1S/C24H22N2O5S/c1-4-31-22(28)10-16-13-26-19(14-27)23(25-24(26)32-16)18-12-20(29-2)17(11-21(18)30-3)15-8-6-5-7-9-15/h5-9,11-14H,4,10H2,1-3H3. The van der Waals surface area contributed by atoms with Crippen LogP contribution < -0.4 is 9.47 Å². The summed E-state index contributed by atoms with van der Waals surface area (Å²) in [4.78, 5) is 29.9. The Balaban J connectivity index is 1.82. The van der Waals surface area contributed by atoms with E-state index in [1.54, 1.807) is 31.7 Å². The third-order valence-corrected chi connectivity index (χ3v) is 5.99. The lowest BCUT2D eigenvalue weighted by atomic mass is 9.99. The van der Waals surface area contributed by atoms with Crippen molar-refractivity contribution in [3.63, 3.8) is 0 Å². The van der Waals surface area contributed by atoms with Crippen molar-refractivity contribution < 1.29 is 23.8 Å². The zero-order valence-electron chi connectivity index (χ0n) is 18.0. The van der Waals surface area contributed by atoms with E-state index in [0.29, 0.717) is 40.0 Å². The van der Waals surface area contributed by atoms with Crippen LogP contribution in [0.1, 0.15) is 22.3 Å². The zero-order valence-corrected chi connectivity index (χ0v) is 18.8. The number of nitrogens with zero attached hydrogens (tertiary/aromatic N) is 2. The van der Waals surface area contributed by atoms with Crippen molar-refractivity contribution in [3.8, 4) is 33.9 Å². The molecule has 2 aromatic carbocycles. The Hall–Kier alpha value is -3.65. The van der Waals surface area contributed by atoms with Crippen LogP contribution in [-0.4, -0.2) is 42.5 Å². The van der Waals surface area contributed by atoms with Crippen molar-refractivity contribution in [2.45, 2.75) is 13.3 Å². The molecule has 0 aliphatic heterocycles. The van der Waals surface area contributed by atoms with Gasteiger partial charge in [-0.2, -0.15) is 0 Å². The highest BCUT2D eigenvalue weighted by atomic mass is 32.1. The molecule has 32 heavy (non-hydrogen) atoms. The number of benzene rings is 2. The van der Waals surface area contributed by atoms with Gasteiger partial charge >= 0.3 is 5.97 Å². The number of hydrogen-bond donors (Lipinski definition) is 0. The molecule has 164 valence electrons. The number of methoxy groups -OCH3 is 2. The average Bonchev–Trinajstić information content (AvgIpc) is 3.35. The summed E-state index contributed by atoms with van der Waals surface area (Å²) >= 11 is 1.34. The number of rotatable bonds is 8. The molecule has 7 nitrogen and oxygen atoms in total. The first kappa shape index (κ1) is 21.6. The van der Waals surface area contributed by atoms with Crippen LogP contribution in [0, 0.1) is 0 Å². The first-order valence-electron chi connectivity index (χ1n) is 10.0. The minimum Gasteiger partial charge on any atom is -0.496 e. The molecule has 8 heteroatoms. The Morgan fingerprint density at radius 1 is 1.09 bits per heavy atom. The molecule has 0 saturated heterocycles. The van der Waals surface area contributed by atoms with Crippen molar-refractivity contribution in [1.29, 1.82) is 0 Å². The van der Waals surface area contributed by atoms with Gasteiger partial charge in [-0.1, -0.05) is 30.3 Å². The van der Waals surface area contributed by atoms with Gasteiger partial charge in [-0.05, 0) is 24.6 Å². The molecule has 2 heterocycles. The highest BCUT2D eigenvalue weighted by Crippen LogP contribution is 2.41. The summed E-state index contributed by atoms with van der Waals surface area (Å²) in [6.07, 6.45) is 2.64. The smallest absolute Gasteiger partial charge is 0.311 e. The van der Waals surface area contributed by atoms with Gasteiger partial charge in [-0.3, -0.25) is 14.0 Å². The van der Waals surface area contributed by atoms with E-state index in [9.17, 15) is 9.59 Å². The lowest BCUT2D eigenvalue weighted by Gasteiger charge is -2.14. The Morgan fingerprint density at radius 2 is 1.78 bits per heavy atom. The number of esters is 1. The second-order valence-electron chi connectivity index (χ2n) is 6.91. The largest absolute Gasteiger partial charge is 0.496 e. The topological polar surface area (TPSA) is 79.1 Å². The summed E-state index contributed by atoms with van der Waals surface area (Å²) in [7, 11) is 3.18. The molecule has 0 fully saturated rings. The summed E-state index contributed by atoms with van der Waals surface area (Å²) in [5, 5.41) is 0. The molecule has 0 unspecified atom stereocenters. The molecule has 0 spiro atoms. The van der Waals surface area contributed by atoms with Gasteiger partial charge in [0, 0.05) is 22.2 Å². The van der Waals surface area contributed by atoms with E-state index in [2.05, 4.69) is 4.98 Å². The van der Waals surface area contributed by atoms with Crippen LogP contribution in [0.5, 0.6) is 11.5 Å². The maximum absolute atomic E-state index is 12.0. The van der Waals surface area contributed by atoms with Crippen LogP contribution in [0.2, 0.25) is 0 Å². The molecule has 0 radical (unpaired) electrons. The second kappa shape index (κ2) is 9.23. The number of aldehydes is 1. The van der Waals surface area contributed by atoms with Gasteiger partial charge in [-0.15, -0.1) is 11.3 Å². The zero-order chi connectivity index (χ0) is 22.7. The van der Waals surface area contributed by atoms with Gasteiger partial charge in [0.05, 0.1) is 27.2 Å². The number of ether oxygens (including phenoxy) is 3. The molecule has 4 rings (SSSR count). The fraction of sp³-hybridized carbons (Fsp3) is 0.208. The quantitative estimate of drug-likeness (QED) is 0.287. The number of imidazole rings is 1. The molecule has 4 aromatic rings. The van der Waals surface area contributed by atoms with E-state index in [4.69, 9.17) is 14.2 Å². The fourth-order valence-corrected chi connectivity index (χ4v) is 4.55. The maximum Gasteiger partial charge on any atom is 0.311 e. The normalized spacial score (nSPS) is 10.8. The Bertz CT molecular complexity index is 1280. The van der Waals surface area contributed by atoms with Gasteiger partial charge in [0.25, 0.3) is 0 Å². The molecular formula is C24H22N2O5S. The van der Waals surface area contributed by atoms with Crippen LogP contribution >= 0.6 is 11.3 Å². The molecule has 0 atom stereocenters. The molecule has 2 aromatic heterocycles. The van der Waals surface area contributed by atoms with Crippen molar-refractivity contribution in [1.82, 2.24) is 9.38 Å². The molecule has 0 N–H and O–H groups in total. The number of carbonyl (C=O) groups excluding carboxylic acids is 2. The van der Waals surface area contributed by atoms with Crippen LogP contribution in [0.4, 0.5) is 0 Å². The minimum absolute atomic E-state index is 0.137. The molecule has 0 amide bonds. The van der Waals surface area contributed by atoms with E-state index >= 15 is 0 Å². The van der Waals surface area contributed by atoms with Crippen LogP contribution in [0.3, 0.4) is 0 Å². The Morgan fingerprint density at radius 3 is 2.44 bits per heavy atom. The molecular weight excluding hydrogens is 428 g/mol. The number of thiazole rings is 1. The molecule has 0 aliphatic rings. The first-order valence-corrected chi connectivity index (χ1v) is 10.8. The van der Waals surface area contributed by atoms with Crippen molar-refractivity contribution >= 4 is 28.6 Å². The average molecular weight is 451 g/mol. The van der Waals surface area contributed by atoms with Gasteiger partial charge < -0.3 is 14.2 Å². The van der Waals surface area contributed by atoms with Crippen LogP contribution in [0.25, 0.3) is 27.3 Å². The monoisotopic (exact) mass is 450 g/mol. The highest BCUT2D eigenvalue weighted by molar-refractivity contribution is 7.17. The maximum atomic E-state index is 12.0. The summed E-state index contributed by atoms with van der Waals surface area (Å²) in [5.41, 5.74) is 3.37. The van der Waals surface area contributed by atoms with Gasteiger partial charge in [0.1, 0.15) is 22.9 Å². The predicted octanol–water partition coefficient (Wildman–Crippen LogP) is 4.67. The molecule has 0 bridgehead atoms. The van der Waals surface area contributed by atoms with E-state index in [0.717, 1.165) is 22.3 Å². The van der Waals surface area contributed by atoms with E-state index in [1.165, 1.54) is 11.3 Å². The van der Waals surface area contributed by atoms with E-state index < -0.39 is 0 Å². The number of carbonyl (C=O) groups is 2. The predicted molar refractivity (Wildman–Crippen MR) is 123 cm³/mol. The van der Waals surface area contributed by atoms with Gasteiger partial charge in [-0.25, -0.2) is 4.98 Å². The van der Waals surface area contributed by atoms with E-state index in [-0.39, 0.29) is 12.4 Å². The third-order valence-electron chi connectivity index (χ3n) is 5.01. The van der Waals surface area contributed by atoms with Crippen LogP contribution in [-0.2, 0) is 16.0 Å². The van der Waals surface area contributed by atoms with Gasteiger partial charge in [0.2, 0.25) is 0 Å². The number of hydrogen-bond acceptors (Lipinski definition) is 7.